The summed E-state index contributed by atoms with van der Waals surface area (Å²) in [7, 11) is 0. The fourth-order valence-corrected chi connectivity index (χ4v) is 2.98. The Labute approximate surface area is 155 Å². The highest BCUT2D eigenvalue weighted by Crippen LogP contribution is 2.32. The first-order valence-electron chi connectivity index (χ1n) is 8.53. The van der Waals surface area contributed by atoms with Crippen LogP contribution < -0.4 is 16.0 Å². The highest BCUT2D eigenvalue weighted by molar-refractivity contribution is 5.98. The van der Waals surface area contributed by atoms with Crippen LogP contribution in [0.3, 0.4) is 0 Å². The molecule has 27 heavy (non-hydrogen) atoms. The molecule has 0 aliphatic carbocycles. The van der Waals surface area contributed by atoms with Gasteiger partial charge in [0.05, 0.1) is 10.5 Å². The molecule has 3 amide bonds. The molecule has 1 heterocycles. The smallest absolute Gasteiger partial charge is 0.339 e. The third kappa shape index (κ3) is 5.16. The minimum atomic E-state index is -1.29. The molecule has 0 unspecified atom stereocenters. The van der Waals surface area contributed by atoms with Gasteiger partial charge in [-0.05, 0) is 37.8 Å². The van der Waals surface area contributed by atoms with Gasteiger partial charge >= 0.3 is 12.0 Å². The van der Waals surface area contributed by atoms with Gasteiger partial charge in [0.25, 0.3) is 11.6 Å². The molecule has 10 nitrogen and oxygen atoms in total. The molecular formula is C17H22N4O6. The minimum Gasteiger partial charge on any atom is -0.449 e. The second-order valence-corrected chi connectivity index (χ2v) is 6.56. The number of nitrogens with two attached hydrogens (primary N) is 1. The number of ether oxygens (including phenoxy) is 1. The summed E-state index contributed by atoms with van der Waals surface area (Å²) in [6.07, 6.45) is 0.723. The molecule has 146 valence electrons. The van der Waals surface area contributed by atoms with Crippen LogP contribution in [0.15, 0.2) is 18.2 Å². The first-order chi connectivity index (χ1) is 12.7. The Morgan fingerprint density at radius 3 is 2.70 bits per heavy atom. The second-order valence-electron chi connectivity index (χ2n) is 6.56. The Hall–Kier alpha value is -3.17. The number of amides is 3. The van der Waals surface area contributed by atoms with Crippen molar-refractivity contribution in [2.24, 2.45) is 11.7 Å². The zero-order chi connectivity index (χ0) is 20.1. The minimum absolute atomic E-state index is 0.0609. The number of piperidine rings is 1. The van der Waals surface area contributed by atoms with E-state index in [-0.39, 0.29) is 11.3 Å². The lowest BCUT2D eigenvalue weighted by Gasteiger charge is -2.32. The quantitative estimate of drug-likeness (QED) is 0.449. The van der Waals surface area contributed by atoms with Crippen LogP contribution in [0.2, 0.25) is 0 Å². The number of benzene rings is 1. The van der Waals surface area contributed by atoms with Crippen LogP contribution in [-0.2, 0) is 9.53 Å². The average molecular weight is 378 g/mol. The predicted octanol–water partition coefficient (Wildman–Crippen LogP) is 1.57. The number of nitro benzene ring substituents is 1. The maximum atomic E-state index is 12.2. The zero-order valence-corrected chi connectivity index (χ0v) is 15.1. The van der Waals surface area contributed by atoms with E-state index in [1.54, 1.807) is 5.32 Å². The lowest BCUT2D eigenvalue weighted by molar-refractivity contribution is -0.384. The first kappa shape index (κ1) is 20.1. The second kappa shape index (κ2) is 8.47. The van der Waals surface area contributed by atoms with Gasteiger partial charge in [0.15, 0.2) is 6.10 Å². The Morgan fingerprint density at radius 2 is 2.11 bits per heavy atom. The number of hydrogen-bond acceptors (Lipinski definition) is 7. The van der Waals surface area contributed by atoms with Crippen molar-refractivity contribution < 1.29 is 24.0 Å². The average Bonchev–Trinajstić information content (AvgIpc) is 2.60. The number of esters is 1. The number of nitrogens with one attached hydrogen (secondary N) is 1. The number of imide groups is 1. The summed E-state index contributed by atoms with van der Waals surface area (Å²) >= 11 is 0. The number of carbonyl (C=O) groups excluding carboxylic acids is 3. The van der Waals surface area contributed by atoms with Crippen molar-refractivity contribution in [3.05, 3.63) is 33.9 Å². The fourth-order valence-electron chi connectivity index (χ4n) is 2.98. The van der Waals surface area contributed by atoms with E-state index in [4.69, 9.17) is 10.5 Å². The van der Waals surface area contributed by atoms with E-state index in [2.05, 4.69) is 6.92 Å². The van der Waals surface area contributed by atoms with Crippen LogP contribution in [0.5, 0.6) is 0 Å². The maximum absolute atomic E-state index is 12.2. The molecule has 2 rings (SSSR count). The lowest BCUT2D eigenvalue weighted by Crippen LogP contribution is -2.42. The molecule has 1 saturated heterocycles. The van der Waals surface area contributed by atoms with Crippen LogP contribution in [0.25, 0.3) is 0 Å². The molecule has 0 aromatic heterocycles. The summed E-state index contributed by atoms with van der Waals surface area (Å²) in [6, 6.07) is 3.00. The molecule has 1 aliphatic rings. The molecule has 2 atom stereocenters. The molecular weight excluding hydrogens is 356 g/mol. The summed E-state index contributed by atoms with van der Waals surface area (Å²) < 4.78 is 4.94. The van der Waals surface area contributed by atoms with Crippen LogP contribution in [0.4, 0.5) is 16.2 Å². The van der Waals surface area contributed by atoms with E-state index in [0.29, 0.717) is 24.7 Å². The summed E-state index contributed by atoms with van der Waals surface area (Å²) in [5.41, 5.74) is 5.02. The number of anilines is 1. The monoisotopic (exact) mass is 378 g/mol. The van der Waals surface area contributed by atoms with Crippen molar-refractivity contribution in [2.75, 3.05) is 18.0 Å². The Balaban J connectivity index is 2.19. The van der Waals surface area contributed by atoms with Gasteiger partial charge < -0.3 is 15.4 Å². The van der Waals surface area contributed by atoms with E-state index in [1.165, 1.54) is 19.1 Å². The van der Waals surface area contributed by atoms with Crippen molar-refractivity contribution in [3.8, 4) is 0 Å². The first-order valence-corrected chi connectivity index (χ1v) is 8.53. The van der Waals surface area contributed by atoms with Crippen LogP contribution in [-0.4, -0.2) is 42.0 Å². The highest BCUT2D eigenvalue weighted by atomic mass is 16.6. The molecule has 1 aliphatic heterocycles. The normalized spacial score (nSPS) is 17.7. The van der Waals surface area contributed by atoms with Gasteiger partial charge in [-0.25, -0.2) is 9.59 Å². The van der Waals surface area contributed by atoms with Gasteiger partial charge in [0.1, 0.15) is 5.69 Å². The Bertz CT molecular complexity index is 766. The van der Waals surface area contributed by atoms with Gasteiger partial charge in [-0.1, -0.05) is 6.92 Å². The standard InChI is InChI=1S/C17H22N4O6/c1-10-4-3-7-20(9-10)13-6-5-12(8-14(13)21(25)26)16(23)27-11(2)15(22)19-17(18)24/h5-6,8,10-11H,3-4,7,9H2,1-2H3,(H3,18,19,22,24)/t10-,11+/m1/s1. The number of hydrogen-bond donors (Lipinski definition) is 2. The number of primary amides is 1. The number of nitro groups is 1. The largest absolute Gasteiger partial charge is 0.449 e. The van der Waals surface area contributed by atoms with Gasteiger partial charge in [0.2, 0.25) is 0 Å². The highest BCUT2D eigenvalue weighted by Gasteiger charge is 2.26. The molecule has 10 heteroatoms. The summed E-state index contributed by atoms with van der Waals surface area (Å²) in [5, 5.41) is 13.3. The fraction of sp³-hybridized carbons (Fsp3) is 0.471. The van der Waals surface area contributed by atoms with Gasteiger partial charge in [-0.15, -0.1) is 0 Å². The van der Waals surface area contributed by atoms with E-state index in [1.807, 2.05) is 4.90 Å². The van der Waals surface area contributed by atoms with E-state index < -0.39 is 28.9 Å². The Kier molecular flexibility index (Phi) is 6.32. The van der Waals surface area contributed by atoms with Crippen LogP contribution >= 0.6 is 0 Å². The van der Waals surface area contributed by atoms with E-state index >= 15 is 0 Å². The Morgan fingerprint density at radius 1 is 1.41 bits per heavy atom. The van der Waals surface area contributed by atoms with E-state index in [9.17, 15) is 24.5 Å². The number of nitrogens with zero attached hydrogens (tertiary/aromatic N) is 2. The third-order valence-electron chi connectivity index (χ3n) is 4.30. The van der Waals surface area contributed by atoms with Crippen molar-refractivity contribution in [2.45, 2.75) is 32.8 Å². The molecule has 0 radical (unpaired) electrons. The molecule has 1 aromatic carbocycles. The van der Waals surface area contributed by atoms with Gasteiger partial charge in [0, 0.05) is 19.2 Å². The SMILES string of the molecule is C[C@@H]1CCCN(c2ccc(C(=O)O[C@@H](C)C(=O)NC(N)=O)cc2[N+](=O)[O-])C1. The van der Waals surface area contributed by atoms with Crippen molar-refractivity contribution in [1.29, 1.82) is 0 Å². The topological polar surface area (TPSA) is 145 Å². The van der Waals surface area contributed by atoms with Crippen molar-refractivity contribution in [3.63, 3.8) is 0 Å². The molecule has 1 fully saturated rings. The molecule has 0 saturated carbocycles. The number of rotatable bonds is 5. The maximum Gasteiger partial charge on any atom is 0.339 e. The zero-order valence-electron chi connectivity index (χ0n) is 15.1. The number of carbonyl (C=O) groups is 3. The molecule has 1 aromatic rings. The third-order valence-corrected chi connectivity index (χ3v) is 4.30. The molecule has 3 N–H and O–H groups in total. The molecule has 0 bridgehead atoms. The van der Waals surface area contributed by atoms with Crippen molar-refractivity contribution >= 4 is 29.3 Å². The van der Waals surface area contributed by atoms with Gasteiger partial charge in [-0.2, -0.15) is 0 Å². The van der Waals surface area contributed by atoms with Crippen LogP contribution in [0, 0.1) is 16.0 Å². The number of urea groups is 1. The van der Waals surface area contributed by atoms with Gasteiger partial charge in [-0.3, -0.25) is 20.2 Å². The predicted molar refractivity (Wildman–Crippen MR) is 96.3 cm³/mol. The summed E-state index contributed by atoms with van der Waals surface area (Å²) in [5.74, 6) is -1.37. The summed E-state index contributed by atoms with van der Waals surface area (Å²) in [6.45, 7) is 4.75. The lowest BCUT2D eigenvalue weighted by atomic mass is 9.99. The van der Waals surface area contributed by atoms with Crippen molar-refractivity contribution in [1.82, 2.24) is 5.32 Å². The molecule has 0 spiro atoms. The van der Waals surface area contributed by atoms with E-state index in [0.717, 1.165) is 18.9 Å². The van der Waals surface area contributed by atoms with Crippen LogP contribution in [0.1, 0.15) is 37.0 Å². The summed E-state index contributed by atoms with van der Waals surface area (Å²) in [4.78, 5) is 47.3.